The van der Waals surface area contributed by atoms with Gasteiger partial charge in [-0.15, -0.1) is 0 Å². The summed E-state index contributed by atoms with van der Waals surface area (Å²) < 4.78 is 3.10. The molecule has 0 unspecified atom stereocenters. The summed E-state index contributed by atoms with van der Waals surface area (Å²) >= 11 is 7.28. The maximum Gasteiger partial charge on any atom is 0.211 e. The van der Waals surface area contributed by atoms with Gasteiger partial charge in [0.05, 0.1) is 16.1 Å². The largest absolute Gasteiger partial charge is 0.506 e. The lowest BCUT2D eigenvalue weighted by atomic mass is 10.2. The Kier molecular flexibility index (Phi) is 3.48. The fourth-order valence-electron chi connectivity index (χ4n) is 2.37. The number of hydrogen-bond acceptors (Lipinski definition) is 6. The highest BCUT2D eigenvalue weighted by Gasteiger charge is 2.17. The monoisotopic (exact) mass is 342 g/mol. The van der Waals surface area contributed by atoms with E-state index in [9.17, 15) is 5.11 Å². The molecule has 4 rings (SSSR count). The van der Waals surface area contributed by atoms with E-state index >= 15 is 0 Å². The molecular formula is C16H11ClN4OS. The molecule has 0 bridgehead atoms. The molecule has 2 heterocycles. The van der Waals surface area contributed by atoms with Crippen molar-refractivity contribution in [3.8, 4) is 5.75 Å². The molecule has 3 aromatic rings. The number of anilines is 1. The van der Waals surface area contributed by atoms with Crippen LogP contribution in [-0.2, 0) is 0 Å². The van der Waals surface area contributed by atoms with Gasteiger partial charge >= 0.3 is 0 Å². The first-order chi connectivity index (χ1) is 11.2. The zero-order chi connectivity index (χ0) is 15.8. The van der Waals surface area contributed by atoms with Crippen molar-refractivity contribution in [1.29, 1.82) is 0 Å². The van der Waals surface area contributed by atoms with E-state index in [4.69, 9.17) is 11.6 Å². The summed E-state index contributed by atoms with van der Waals surface area (Å²) in [4.78, 5) is 9.60. The van der Waals surface area contributed by atoms with Gasteiger partial charge in [-0.1, -0.05) is 29.8 Å². The zero-order valence-corrected chi connectivity index (χ0v) is 13.3. The summed E-state index contributed by atoms with van der Waals surface area (Å²) in [7, 11) is 0. The second kappa shape index (κ2) is 5.64. The van der Waals surface area contributed by atoms with Crippen molar-refractivity contribution in [3.05, 3.63) is 53.7 Å². The lowest BCUT2D eigenvalue weighted by Gasteiger charge is -2.19. The summed E-state index contributed by atoms with van der Waals surface area (Å²) in [5.74, 6) is 0.579. The Labute approximate surface area is 141 Å². The second-order valence-corrected chi connectivity index (χ2v) is 6.23. The highest BCUT2D eigenvalue weighted by Crippen LogP contribution is 2.41. The Morgan fingerprint density at radius 3 is 2.96 bits per heavy atom. The van der Waals surface area contributed by atoms with Crippen LogP contribution in [0.3, 0.4) is 0 Å². The number of phenolic OH excluding ortho intramolecular Hbond substituents is 1. The molecule has 7 heteroatoms. The Balaban J connectivity index is 1.73. The van der Waals surface area contributed by atoms with Gasteiger partial charge in [-0.2, -0.15) is 0 Å². The number of pyridine rings is 1. The van der Waals surface area contributed by atoms with E-state index in [1.165, 1.54) is 18.0 Å². The number of aromatic hydroxyl groups is 1. The molecule has 0 radical (unpaired) electrons. The Morgan fingerprint density at radius 2 is 2.04 bits per heavy atom. The number of hydrogen-bond donors (Lipinski definition) is 3. The first-order valence-electron chi connectivity index (χ1n) is 6.85. The molecule has 0 atom stereocenters. The van der Waals surface area contributed by atoms with Crippen molar-refractivity contribution in [1.82, 2.24) is 9.71 Å². The average Bonchev–Trinajstić information content (AvgIpc) is 2.56. The number of rotatable bonds is 1. The van der Waals surface area contributed by atoms with Crippen molar-refractivity contribution in [3.63, 3.8) is 0 Å². The zero-order valence-electron chi connectivity index (χ0n) is 11.7. The highest BCUT2D eigenvalue weighted by molar-refractivity contribution is 7.98. The number of benzene rings is 2. The molecule has 114 valence electrons. The van der Waals surface area contributed by atoms with Gasteiger partial charge in [0, 0.05) is 22.7 Å². The maximum absolute atomic E-state index is 10.0. The van der Waals surface area contributed by atoms with Crippen LogP contribution in [-0.4, -0.2) is 16.1 Å². The quantitative estimate of drug-likeness (QED) is 0.575. The van der Waals surface area contributed by atoms with Gasteiger partial charge in [-0.25, -0.2) is 4.99 Å². The van der Waals surface area contributed by atoms with Crippen LogP contribution in [0.1, 0.15) is 0 Å². The minimum atomic E-state index is 0.0526. The van der Waals surface area contributed by atoms with Crippen LogP contribution in [0.15, 0.2) is 58.5 Å². The number of phenols is 1. The van der Waals surface area contributed by atoms with E-state index in [-0.39, 0.29) is 5.75 Å². The Hall–Kier alpha value is -2.44. The number of fused-ring (bicyclic) bond motifs is 2. The number of aliphatic imine (C=N–C) groups is 1. The fourth-order valence-corrected chi connectivity index (χ4v) is 3.39. The van der Waals surface area contributed by atoms with E-state index in [0.717, 1.165) is 21.5 Å². The van der Waals surface area contributed by atoms with Crippen LogP contribution < -0.4 is 10.0 Å². The molecule has 0 aliphatic carbocycles. The van der Waals surface area contributed by atoms with E-state index in [2.05, 4.69) is 20.0 Å². The fraction of sp³-hybridized carbons (Fsp3) is 0. The van der Waals surface area contributed by atoms with Gasteiger partial charge in [0.25, 0.3) is 0 Å². The van der Waals surface area contributed by atoms with Crippen LogP contribution in [0.4, 0.5) is 11.4 Å². The molecule has 3 N–H and O–H groups in total. The summed E-state index contributed by atoms with van der Waals surface area (Å²) in [5, 5.41) is 14.7. The number of halogens is 1. The molecule has 1 aliphatic rings. The van der Waals surface area contributed by atoms with E-state index < -0.39 is 0 Å². The Morgan fingerprint density at radius 1 is 1.17 bits per heavy atom. The van der Waals surface area contributed by atoms with Crippen LogP contribution in [0.2, 0.25) is 5.02 Å². The van der Waals surface area contributed by atoms with Crippen molar-refractivity contribution in [2.24, 2.45) is 4.99 Å². The van der Waals surface area contributed by atoms with Gasteiger partial charge in [-0.3, -0.25) is 9.71 Å². The summed E-state index contributed by atoms with van der Waals surface area (Å²) in [6, 6.07) is 13.0. The standard InChI is InChI=1S/C16H11ClN4OS/c17-10-7-12(22)15-13(8-10)23-21-16(20-15)19-11-5-1-3-9-4-2-6-18-14(9)11/h1-8,22H,(H2,19,20,21). The van der Waals surface area contributed by atoms with Crippen molar-refractivity contribution >= 4 is 51.8 Å². The topological polar surface area (TPSA) is 69.5 Å². The van der Waals surface area contributed by atoms with Gasteiger partial charge in [-0.05, 0) is 30.1 Å². The van der Waals surface area contributed by atoms with Gasteiger partial charge in [0.2, 0.25) is 5.96 Å². The van der Waals surface area contributed by atoms with Crippen LogP contribution in [0.25, 0.3) is 10.9 Å². The SMILES string of the molecule is Oc1cc(Cl)cc2c1N=C(Nc1cccc3cccnc13)NS2. The van der Waals surface area contributed by atoms with Gasteiger partial charge in [0.15, 0.2) is 0 Å². The Bertz CT molecular complexity index is 939. The first kappa shape index (κ1) is 14.2. The minimum Gasteiger partial charge on any atom is -0.506 e. The van der Waals surface area contributed by atoms with Crippen LogP contribution in [0, 0.1) is 0 Å². The third-order valence-corrected chi connectivity index (χ3v) is 4.43. The molecule has 0 amide bonds. The maximum atomic E-state index is 10.0. The number of nitrogens with one attached hydrogen (secondary N) is 2. The smallest absolute Gasteiger partial charge is 0.211 e. The average molecular weight is 343 g/mol. The number of guanidine groups is 1. The molecule has 0 saturated heterocycles. The predicted molar refractivity (Wildman–Crippen MR) is 94.6 cm³/mol. The van der Waals surface area contributed by atoms with Crippen molar-refractivity contribution in [2.75, 3.05) is 5.32 Å². The second-order valence-electron chi connectivity index (χ2n) is 4.94. The highest BCUT2D eigenvalue weighted by atomic mass is 35.5. The lowest BCUT2D eigenvalue weighted by molar-refractivity contribution is 0.475. The van der Waals surface area contributed by atoms with Crippen molar-refractivity contribution in [2.45, 2.75) is 4.90 Å². The van der Waals surface area contributed by atoms with Crippen molar-refractivity contribution < 1.29 is 5.11 Å². The summed E-state index contributed by atoms with van der Waals surface area (Å²) in [6.45, 7) is 0. The third kappa shape index (κ3) is 2.67. The van der Waals surface area contributed by atoms with Crippen LogP contribution in [0.5, 0.6) is 5.75 Å². The number of para-hydroxylation sites is 1. The molecule has 23 heavy (non-hydrogen) atoms. The molecule has 0 spiro atoms. The summed E-state index contributed by atoms with van der Waals surface area (Å²) in [5.41, 5.74) is 2.19. The van der Waals surface area contributed by atoms with Gasteiger partial charge in [0.1, 0.15) is 11.4 Å². The number of aromatic nitrogens is 1. The molecule has 0 fully saturated rings. The molecular weight excluding hydrogens is 332 g/mol. The summed E-state index contributed by atoms with van der Waals surface area (Å²) in [6.07, 6.45) is 1.75. The van der Waals surface area contributed by atoms with Crippen LogP contribution >= 0.6 is 23.5 Å². The molecule has 1 aliphatic heterocycles. The molecule has 0 saturated carbocycles. The normalized spacial score (nSPS) is 13.2. The van der Waals surface area contributed by atoms with E-state index in [0.29, 0.717) is 16.7 Å². The van der Waals surface area contributed by atoms with Gasteiger partial charge < -0.3 is 10.4 Å². The molecule has 5 nitrogen and oxygen atoms in total. The molecule has 2 aromatic carbocycles. The third-order valence-electron chi connectivity index (χ3n) is 3.39. The lowest BCUT2D eigenvalue weighted by Crippen LogP contribution is -2.27. The molecule has 1 aromatic heterocycles. The van der Waals surface area contributed by atoms with E-state index in [1.54, 1.807) is 12.3 Å². The first-order valence-corrected chi connectivity index (χ1v) is 8.05. The number of nitrogens with zero attached hydrogens (tertiary/aromatic N) is 2. The van der Waals surface area contributed by atoms with E-state index in [1.807, 2.05) is 30.3 Å². The minimum absolute atomic E-state index is 0.0526. The predicted octanol–water partition coefficient (Wildman–Crippen LogP) is 4.30.